The molecule has 74 heavy (non-hydrogen) atoms. The Bertz CT molecular complexity index is 3360. The van der Waals surface area contributed by atoms with Crippen molar-refractivity contribution in [3.05, 3.63) is 172 Å². The maximum absolute atomic E-state index is 13.7. The van der Waals surface area contributed by atoms with Crippen LogP contribution in [-0.4, -0.2) is 37.8 Å². The number of hydrogen-bond acceptors (Lipinski definition) is 9. The Kier molecular flexibility index (Phi) is 14.0. The standard InChI is InChI=1S/C61H65NO10S2/c1-8-58(6,7)52-28-16-43(31-55(52)73(64,65)66)57(63)44-17-29-54(56(32-44)74(67,68)69)72-49-26-20-46(21-27-49)60-35-41-30-42(36-60)34-59(33-41,38-60)45-18-24-47(25-19-45)70-40(5)61(9-2,10-3)51-12-11-13-53(50(51)37-62)71-48-22-14-39(4)15-23-48/h11-29,31-32,40-42H,8-10,30,33-36,38H2,1-7H3,(H,64,65,66)(H,67,68,69). The lowest BCUT2D eigenvalue weighted by Crippen LogP contribution is -2.55. The van der Waals surface area contributed by atoms with Crippen molar-refractivity contribution in [1.82, 2.24) is 0 Å². The first kappa shape index (κ1) is 52.6. The van der Waals surface area contributed by atoms with Crippen molar-refractivity contribution >= 4 is 26.0 Å². The molecular formula is C61H65NO10S2. The summed E-state index contributed by atoms with van der Waals surface area (Å²) >= 11 is 0. The zero-order valence-electron chi connectivity index (χ0n) is 43.1. The molecule has 6 aromatic rings. The van der Waals surface area contributed by atoms with Gasteiger partial charge in [0.2, 0.25) is 0 Å². The molecule has 3 unspecified atom stereocenters. The van der Waals surface area contributed by atoms with Crippen molar-refractivity contribution in [1.29, 1.82) is 5.26 Å². The molecule has 4 fully saturated rings. The fourth-order valence-electron chi connectivity index (χ4n) is 13.2. The molecule has 0 heterocycles. The number of hydrogen-bond donors (Lipinski definition) is 2. The van der Waals surface area contributed by atoms with Crippen LogP contribution < -0.4 is 14.2 Å². The first-order valence-electron chi connectivity index (χ1n) is 25.7. The van der Waals surface area contributed by atoms with Crippen molar-refractivity contribution in [3.63, 3.8) is 0 Å². The van der Waals surface area contributed by atoms with Crippen LogP contribution in [0.4, 0.5) is 0 Å². The Hall–Kier alpha value is -6.30. The van der Waals surface area contributed by atoms with Crippen LogP contribution in [0.15, 0.2) is 137 Å². The summed E-state index contributed by atoms with van der Waals surface area (Å²) in [5, 5.41) is 10.6. The fraction of sp³-hybridized carbons (Fsp3) is 0.377. The summed E-state index contributed by atoms with van der Waals surface area (Å²) in [5.41, 5.74) is 4.02. The van der Waals surface area contributed by atoms with Crippen LogP contribution in [0, 0.1) is 30.1 Å². The van der Waals surface area contributed by atoms with Gasteiger partial charge in [-0.3, -0.25) is 13.9 Å². The summed E-state index contributed by atoms with van der Waals surface area (Å²) in [6.45, 7) is 14.0. The van der Waals surface area contributed by atoms with Crippen molar-refractivity contribution in [3.8, 4) is 34.8 Å². The normalized spacial score (nSPS) is 20.9. The number of nitrogens with zero attached hydrogens (tertiary/aromatic N) is 1. The predicted octanol–water partition coefficient (Wildman–Crippen LogP) is 14.2. The average Bonchev–Trinajstić information content (AvgIpc) is 3.37. The van der Waals surface area contributed by atoms with Crippen LogP contribution in [0.2, 0.25) is 0 Å². The van der Waals surface area contributed by atoms with E-state index in [-0.39, 0.29) is 33.8 Å². The van der Waals surface area contributed by atoms with Gasteiger partial charge in [-0.2, -0.15) is 22.1 Å². The Morgan fingerprint density at radius 3 is 1.68 bits per heavy atom. The Balaban J connectivity index is 0.924. The van der Waals surface area contributed by atoms with Gasteiger partial charge >= 0.3 is 0 Å². The summed E-state index contributed by atoms with van der Waals surface area (Å²) in [4.78, 5) is 12.7. The molecule has 4 saturated carbocycles. The maximum Gasteiger partial charge on any atom is 0.298 e. The van der Waals surface area contributed by atoms with E-state index in [2.05, 4.69) is 63.2 Å². The number of ether oxygens (including phenoxy) is 3. The van der Waals surface area contributed by atoms with E-state index in [1.807, 2.05) is 82.3 Å². The van der Waals surface area contributed by atoms with E-state index in [4.69, 9.17) is 14.2 Å². The molecule has 0 aromatic heterocycles. The predicted molar refractivity (Wildman–Crippen MR) is 285 cm³/mol. The Morgan fingerprint density at radius 1 is 0.662 bits per heavy atom. The van der Waals surface area contributed by atoms with Gasteiger partial charge in [-0.15, -0.1) is 0 Å². The topological polar surface area (TPSA) is 177 Å². The number of nitriles is 1. The first-order chi connectivity index (χ1) is 35.1. The molecule has 386 valence electrons. The lowest BCUT2D eigenvalue weighted by atomic mass is 9.42. The van der Waals surface area contributed by atoms with Crippen LogP contribution >= 0.6 is 0 Å². The number of carbonyl (C=O) groups excluding carboxylic acids is 1. The van der Waals surface area contributed by atoms with Crippen LogP contribution in [0.1, 0.15) is 149 Å². The van der Waals surface area contributed by atoms with Crippen molar-refractivity contribution < 1.29 is 44.9 Å². The second-order valence-electron chi connectivity index (χ2n) is 21.9. The molecule has 0 saturated heterocycles. The summed E-state index contributed by atoms with van der Waals surface area (Å²) < 4.78 is 90.2. The third-order valence-electron chi connectivity index (χ3n) is 17.1. The summed E-state index contributed by atoms with van der Waals surface area (Å²) in [7, 11) is -9.62. The minimum Gasteiger partial charge on any atom is -0.490 e. The second-order valence-corrected chi connectivity index (χ2v) is 24.7. The maximum atomic E-state index is 13.7. The van der Waals surface area contributed by atoms with Crippen molar-refractivity contribution in [2.75, 3.05) is 0 Å². The number of benzene rings is 6. The van der Waals surface area contributed by atoms with Crippen LogP contribution in [0.5, 0.6) is 28.7 Å². The highest BCUT2D eigenvalue weighted by Gasteiger charge is 2.58. The molecule has 0 spiro atoms. The molecule has 0 amide bonds. The molecule has 13 heteroatoms. The van der Waals surface area contributed by atoms with Gasteiger partial charge < -0.3 is 14.2 Å². The summed E-state index contributed by atoms with van der Waals surface area (Å²) in [5.74, 6) is 2.56. The Labute approximate surface area is 436 Å². The highest BCUT2D eigenvalue weighted by molar-refractivity contribution is 7.86. The number of carbonyl (C=O) groups is 1. The molecular weight excluding hydrogens is 971 g/mol. The van der Waals surface area contributed by atoms with Gasteiger partial charge in [0.05, 0.1) is 10.5 Å². The largest absolute Gasteiger partial charge is 0.490 e. The highest BCUT2D eigenvalue weighted by Crippen LogP contribution is 2.66. The van der Waals surface area contributed by atoms with Gasteiger partial charge in [-0.1, -0.05) is 101 Å². The van der Waals surface area contributed by atoms with E-state index < -0.39 is 46.6 Å². The van der Waals surface area contributed by atoms with E-state index >= 15 is 0 Å². The molecule has 0 aliphatic heterocycles. The smallest absolute Gasteiger partial charge is 0.298 e. The number of aryl methyl sites for hydroxylation is 1. The molecule has 3 atom stereocenters. The van der Waals surface area contributed by atoms with Crippen LogP contribution in [0.3, 0.4) is 0 Å². The Morgan fingerprint density at radius 2 is 1.16 bits per heavy atom. The third-order valence-corrected chi connectivity index (χ3v) is 18.9. The average molecular weight is 1040 g/mol. The van der Waals surface area contributed by atoms with E-state index in [1.165, 1.54) is 41.8 Å². The van der Waals surface area contributed by atoms with Gasteiger partial charge in [-0.05, 0) is 189 Å². The zero-order chi connectivity index (χ0) is 53.0. The second kappa shape index (κ2) is 19.8. The number of ketones is 1. The quantitative estimate of drug-likeness (QED) is 0.0618. The first-order valence-corrected chi connectivity index (χ1v) is 28.6. The molecule has 4 aliphatic carbocycles. The van der Waals surface area contributed by atoms with Crippen molar-refractivity contribution in [2.24, 2.45) is 11.8 Å². The van der Waals surface area contributed by atoms with Gasteiger partial charge in [-0.25, -0.2) is 0 Å². The molecule has 10 rings (SSSR count). The van der Waals surface area contributed by atoms with Crippen molar-refractivity contribution in [2.45, 2.75) is 144 Å². The minimum absolute atomic E-state index is 0.00872. The van der Waals surface area contributed by atoms with Gasteiger partial charge in [0.15, 0.2) is 5.78 Å². The molecule has 6 aromatic carbocycles. The third kappa shape index (κ3) is 9.90. The summed E-state index contributed by atoms with van der Waals surface area (Å²) in [6.07, 6.45) is 8.41. The van der Waals surface area contributed by atoms with E-state index in [1.54, 1.807) is 0 Å². The molecule has 0 radical (unpaired) electrons. The van der Waals surface area contributed by atoms with Gasteiger partial charge in [0, 0.05) is 16.5 Å². The SMILES string of the molecule is CCC(C)(C)c1ccc(C(=O)c2ccc(Oc3ccc(C45CC6CC(C4)CC(c4ccc(OC(C)C(CC)(CC)c7cccc(Oc8ccc(C)cc8)c7C#N)cc4)(C6)C5)cc3)c(S(=O)(=O)O)c2)cc1S(=O)(=O)O. The highest BCUT2D eigenvalue weighted by atomic mass is 32.2. The lowest BCUT2D eigenvalue weighted by molar-refractivity contribution is -0.0281. The zero-order valence-corrected chi connectivity index (χ0v) is 44.8. The molecule has 4 bridgehead atoms. The van der Waals surface area contributed by atoms with E-state index in [0.717, 1.165) is 74.0 Å². The van der Waals surface area contributed by atoms with Gasteiger partial charge in [0.1, 0.15) is 45.8 Å². The monoisotopic (exact) mass is 1040 g/mol. The van der Waals surface area contributed by atoms with Crippen LogP contribution in [0.25, 0.3) is 0 Å². The van der Waals surface area contributed by atoms with Gasteiger partial charge in [0.25, 0.3) is 20.2 Å². The number of rotatable bonds is 18. The molecule has 2 N–H and O–H groups in total. The van der Waals surface area contributed by atoms with E-state index in [0.29, 0.717) is 46.6 Å². The fourth-order valence-corrected chi connectivity index (χ4v) is 14.7. The molecule has 11 nitrogen and oxygen atoms in total. The van der Waals surface area contributed by atoms with E-state index in [9.17, 15) is 36.0 Å². The minimum atomic E-state index is -4.90. The van der Waals surface area contributed by atoms with Crippen LogP contribution in [-0.2, 0) is 41.9 Å². The summed E-state index contributed by atoms with van der Waals surface area (Å²) in [6, 6.07) is 40.3. The lowest BCUT2D eigenvalue weighted by Gasteiger charge is -2.62. The molecule has 4 aliphatic rings.